The first-order chi connectivity index (χ1) is 7.34. The zero-order valence-electron chi connectivity index (χ0n) is 9.92. The number of benzene rings is 1. The smallest absolute Gasteiger partial charge is 0.251 e. The second kappa shape index (κ2) is 9.25. The Morgan fingerprint density at radius 3 is 2.33 bits per heavy atom. The van der Waals surface area contributed by atoms with E-state index in [1.807, 2.05) is 44.2 Å². The Hall–Kier alpha value is -1.31. The number of hydrogen-bond donors (Lipinski definition) is 1. The van der Waals surface area contributed by atoms with E-state index in [-0.39, 0.29) is 5.91 Å². The summed E-state index contributed by atoms with van der Waals surface area (Å²) in [5.74, 6) is 0.0223. The Morgan fingerprint density at radius 1 is 1.20 bits per heavy atom. The lowest BCUT2D eigenvalue weighted by Gasteiger charge is -2.02. The van der Waals surface area contributed by atoms with Gasteiger partial charge in [0, 0.05) is 12.1 Å². The first-order valence-electron chi connectivity index (χ1n) is 5.68. The summed E-state index contributed by atoms with van der Waals surface area (Å²) in [4.78, 5) is 11.4. The van der Waals surface area contributed by atoms with E-state index in [0.717, 1.165) is 24.9 Å². The Bertz CT molecular complexity index is 256. The van der Waals surface area contributed by atoms with Gasteiger partial charge in [0.15, 0.2) is 0 Å². The van der Waals surface area contributed by atoms with Gasteiger partial charge in [-0.15, -0.1) is 0 Å². The Morgan fingerprint density at radius 2 is 1.80 bits per heavy atom. The zero-order valence-corrected chi connectivity index (χ0v) is 9.92. The molecule has 0 aromatic heterocycles. The molecule has 0 aliphatic rings. The summed E-state index contributed by atoms with van der Waals surface area (Å²) in [6.07, 6.45) is 2.15. The molecule has 84 valence electrons. The molecule has 1 N–H and O–H groups in total. The quantitative estimate of drug-likeness (QED) is 0.754. The van der Waals surface area contributed by atoms with Gasteiger partial charge in [0.05, 0.1) is 0 Å². The zero-order chi connectivity index (χ0) is 11.5. The van der Waals surface area contributed by atoms with Gasteiger partial charge in [-0.25, -0.2) is 0 Å². The van der Waals surface area contributed by atoms with Crippen molar-refractivity contribution in [3.63, 3.8) is 0 Å². The third kappa shape index (κ3) is 5.89. The fraction of sp³-hybridized carbons (Fsp3) is 0.462. The highest BCUT2D eigenvalue weighted by Crippen LogP contribution is 1.97. The van der Waals surface area contributed by atoms with Crippen molar-refractivity contribution in [3.05, 3.63) is 35.9 Å². The normalized spacial score (nSPS) is 8.73. The molecule has 0 unspecified atom stereocenters. The van der Waals surface area contributed by atoms with Gasteiger partial charge >= 0.3 is 0 Å². The molecule has 0 radical (unpaired) electrons. The van der Waals surface area contributed by atoms with Gasteiger partial charge < -0.3 is 5.32 Å². The minimum absolute atomic E-state index is 0.0223. The van der Waals surface area contributed by atoms with Gasteiger partial charge in [-0.1, -0.05) is 45.4 Å². The minimum atomic E-state index is 0.0223. The van der Waals surface area contributed by atoms with Crippen LogP contribution in [0.5, 0.6) is 0 Å². The van der Waals surface area contributed by atoms with Crippen molar-refractivity contribution in [1.82, 2.24) is 5.32 Å². The van der Waals surface area contributed by atoms with Gasteiger partial charge in [0.1, 0.15) is 0 Å². The first kappa shape index (κ1) is 13.7. The molecule has 0 spiro atoms. The van der Waals surface area contributed by atoms with E-state index in [9.17, 15) is 4.79 Å². The third-order valence-electron chi connectivity index (χ3n) is 1.85. The molecule has 0 saturated carbocycles. The molecule has 0 saturated heterocycles. The van der Waals surface area contributed by atoms with Crippen molar-refractivity contribution in [2.45, 2.75) is 33.6 Å². The topological polar surface area (TPSA) is 29.1 Å². The van der Waals surface area contributed by atoms with Crippen LogP contribution in [0.4, 0.5) is 0 Å². The number of hydrogen-bond acceptors (Lipinski definition) is 1. The number of carbonyl (C=O) groups excluding carboxylic acids is 1. The second-order valence-electron chi connectivity index (χ2n) is 2.98. The SMILES string of the molecule is CC.CCCCNC(=O)c1ccccc1. The van der Waals surface area contributed by atoms with Gasteiger partial charge in [0.25, 0.3) is 5.91 Å². The molecule has 0 aliphatic carbocycles. The minimum Gasteiger partial charge on any atom is -0.352 e. The van der Waals surface area contributed by atoms with Crippen LogP contribution in [0.3, 0.4) is 0 Å². The summed E-state index contributed by atoms with van der Waals surface area (Å²) in [7, 11) is 0. The van der Waals surface area contributed by atoms with E-state index in [0.29, 0.717) is 0 Å². The number of carbonyl (C=O) groups is 1. The van der Waals surface area contributed by atoms with Crippen LogP contribution in [0.25, 0.3) is 0 Å². The fourth-order valence-corrected chi connectivity index (χ4v) is 1.07. The molecule has 0 heterocycles. The predicted molar refractivity (Wildman–Crippen MR) is 65.0 cm³/mol. The molecule has 0 bridgehead atoms. The van der Waals surface area contributed by atoms with Crippen LogP contribution in [0, 0.1) is 0 Å². The fourth-order valence-electron chi connectivity index (χ4n) is 1.07. The van der Waals surface area contributed by atoms with Crippen LogP contribution in [0.15, 0.2) is 30.3 Å². The van der Waals surface area contributed by atoms with Gasteiger partial charge in [-0.3, -0.25) is 4.79 Å². The van der Waals surface area contributed by atoms with Crippen molar-refractivity contribution in [2.75, 3.05) is 6.54 Å². The lowest BCUT2D eigenvalue weighted by Crippen LogP contribution is -2.24. The Balaban J connectivity index is 0.000000921. The molecule has 2 heteroatoms. The van der Waals surface area contributed by atoms with Crippen molar-refractivity contribution >= 4 is 5.91 Å². The average Bonchev–Trinajstić information content (AvgIpc) is 2.33. The molecule has 2 nitrogen and oxygen atoms in total. The largest absolute Gasteiger partial charge is 0.352 e. The molecular weight excluding hydrogens is 186 g/mol. The van der Waals surface area contributed by atoms with Crippen molar-refractivity contribution in [3.8, 4) is 0 Å². The molecule has 1 amide bonds. The monoisotopic (exact) mass is 207 g/mol. The number of nitrogens with one attached hydrogen (secondary N) is 1. The lowest BCUT2D eigenvalue weighted by molar-refractivity contribution is 0.0953. The maximum atomic E-state index is 11.4. The maximum Gasteiger partial charge on any atom is 0.251 e. The van der Waals surface area contributed by atoms with E-state index in [4.69, 9.17) is 0 Å². The average molecular weight is 207 g/mol. The molecule has 1 aromatic rings. The Labute approximate surface area is 92.7 Å². The van der Waals surface area contributed by atoms with E-state index >= 15 is 0 Å². The van der Waals surface area contributed by atoms with E-state index in [2.05, 4.69) is 12.2 Å². The molecule has 0 fully saturated rings. The Kier molecular flexibility index (Phi) is 8.44. The van der Waals surface area contributed by atoms with Crippen molar-refractivity contribution in [1.29, 1.82) is 0 Å². The molecular formula is C13H21NO. The summed E-state index contributed by atoms with van der Waals surface area (Å²) in [5, 5.41) is 2.86. The molecule has 1 rings (SSSR count). The van der Waals surface area contributed by atoms with Gasteiger partial charge in [-0.2, -0.15) is 0 Å². The van der Waals surface area contributed by atoms with Crippen LogP contribution < -0.4 is 5.32 Å². The number of unbranched alkanes of at least 4 members (excludes halogenated alkanes) is 1. The van der Waals surface area contributed by atoms with Crippen LogP contribution in [-0.2, 0) is 0 Å². The van der Waals surface area contributed by atoms with E-state index in [1.165, 1.54) is 0 Å². The highest BCUT2D eigenvalue weighted by molar-refractivity contribution is 5.94. The molecule has 0 atom stereocenters. The second-order valence-corrected chi connectivity index (χ2v) is 2.98. The van der Waals surface area contributed by atoms with Crippen LogP contribution in [0.1, 0.15) is 44.0 Å². The van der Waals surface area contributed by atoms with E-state index in [1.54, 1.807) is 0 Å². The van der Waals surface area contributed by atoms with Crippen LogP contribution in [0.2, 0.25) is 0 Å². The third-order valence-corrected chi connectivity index (χ3v) is 1.85. The highest BCUT2D eigenvalue weighted by Gasteiger charge is 2.01. The van der Waals surface area contributed by atoms with Crippen molar-refractivity contribution < 1.29 is 4.79 Å². The van der Waals surface area contributed by atoms with Crippen LogP contribution in [-0.4, -0.2) is 12.5 Å². The maximum absolute atomic E-state index is 11.4. The first-order valence-corrected chi connectivity index (χ1v) is 5.68. The molecule has 1 aromatic carbocycles. The summed E-state index contributed by atoms with van der Waals surface area (Å²) in [6.45, 7) is 6.87. The predicted octanol–water partition coefficient (Wildman–Crippen LogP) is 3.24. The summed E-state index contributed by atoms with van der Waals surface area (Å²) < 4.78 is 0. The summed E-state index contributed by atoms with van der Waals surface area (Å²) in [5.41, 5.74) is 0.735. The summed E-state index contributed by atoms with van der Waals surface area (Å²) in [6, 6.07) is 9.29. The molecule has 15 heavy (non-hydrogen) atoms. The number of amides is 1. The van der Waals surface area contributed by atoms with Crippen LogP contribution >= 0.6 is 0 Å². The molecule has 0 aliphatic heterocycles. The van der Waals surface area contributed by atoms with E-state index < -0.39 is 0 Å². The summed E-state index contributed by atoms with van der Waals surface area (Å²) >= 11 is 0. The van der Waals surface area contributed by atoms with Gasteiger partial charge in [-0.05, 0) is 18.6 Å². The standard InChI is InChI=1S/C11H15NO.C2H6/c1-2-3-9-12-11(13)10-7-5-4-6-8-10;1-2/h4-8H,2-3,9H2,1H3,(H,12,13);1-2H3. The number of rotatable bonds is 4. The highest BCUT2D eigenvalue weighted by atomic mass is 16.1. The van der Waals surface area contributed by atoms with Crippen molar-refractivity contribution in [2.24, 2.45) is 0 Å². The van der Waals surface area contributed by atoms with Gasteiger partial charge in [0.2, 0.25) is 0 Å². The lowest BCUT2D eigenvalue weighted by atomic mass is 10.2.